The maximum atomic E-state index is 13.0. The number of nitrogens with zero attached hydrogens (tertiary/aromatic N) is 2. The van der Waals surface area contributed by atoms with Gasteiger partial charge in [-0.3, -0.25) is 9.69 Å². The first-order valence-electron chi connectivity index (χ1n) is 14.4. The lowest BCUT2D eigenvalue weighted by Crippen LogP contribution is -2.47. The van der Waals surface area contributed by atoms with Gasteiger partial charge in [0.15, 0.2) is 0 Å². The number of piperazine rings is 1. The van der Waals surface area contributed by atoms with Gasteiger partial charge >= 0.3 is 5.76 Å². The van der Waals surface area contributed by atoms with Crippen molar-refractivity contribution >= 4 is 54.3 Å². The maximum absolute atomic E-state index is 13.0. The van der Waals surface area contributed by atoms with Crippen LogP contribution < -0.4 is 15.4 Å². The molecule has 1 aliphatic carbocycles. The molecular formula is C31H33ClF2N4O5S2. The SMILES string of the molecule is Nc1ccc(S(=O)(=O)NC(=O)c2ccc(N3CCN(CC4=C(c5ccc(Cl)cc5)CCCC4)CC3)cc2)cc1S(=O)(=O)C(F)F. The largest absolute Gasteiger partial charge is 0.398 e. The third kappa shape index (κ3) is 7.49. The molecule has 1 heterocycles. The van der Waals surface area contributed by atoms with E-state index in [1.807, 2.05) is 16.9 Å². The van der Waals surface area contributed by atoms with Gasteiger partial charge in [0.2, 0.25) is 9.84 Å². The number of carbonyl (C=O) groups excluding carboxylic acids is 1. The Balaban J connectivity index is 1.20. The summed E-state index contributed by atoms with van der Waals surface area (Å²) in [5.74, 6) is -4.75. The van der Waals surface area contributed by atoms with E-state index in [0.717, 1.165) is 68.4 Å². The average Bonchev–Trinajstić information content (AvgIpc) is 3.02. The van der Waals surface area contributed by atoms with E-state index in [1.165, 1.54) is 41.7 Å². The average molecular weight is 679 g/mol. The quantitative estimate of drug-likeness (QED) is 0.296. The smallest absolute Gasteiger partial charge is 0.341 e. The summed E-state index contributed by atoms with van der Waals surface area (Å²) in [6.07, 6.45) is 4.53. The van der Waals surface area contributed by atoms with Gasteiger partial charge in [-0.15, -0.1) is 0 Å². The maximum Gasteiger partial charge on any atom is 0.341 e. The number of sulfonamides is 1. The lowest BCUT2D eigenvalue weighted by molar-refractivity contribution is 0.0981. The van der Waals surface area contributed by atoms with Crippen LogP contribution in [0.1, 0.15) is 41.6 Å². The monoisotopic (exact) mass is 678 g/mol. The first-order valence-corrected chi connectivity index (χ1v) is 17.8. The van der Waals surface area contributed by atoms with E-state index in [0.29, 0.717) is 6.07 Å². The number of amides is 1. The minimum Gasteiger partial charge on any atom is -0.398 e. The first-order chi connectivity index (χ1) is 21.3. The Bertz CT molecular complexity index is 1810. The first kappa shape index (κ1) is 32.9. The molecular weight excluding hydrogens is 646 g/mol. The highest BCUT2D eigenvalue weighted by Gasteiger charge is 2.31. The molecule has 45 heavy (non-hydrogen) atoms. The number of sulfone groups is 1. The van der Waals surface area contributed by atoms with E-state index in [4.69, 9.17) is 17.3 Å². The van der Waals surface area contributed by atoms with Gasteiger partial charge in [-0.1, -0.05) is 29.3 Å². The van der Waals surface area contributed by atoms with Crippen molar-refractivity contribution in [3.05, 3.63) is 88.5 Å². The molecule has 3 aromatic rings. The molecule has 0 unspecified atom stereocenters. The highest BCUT2D eigenvalue weighted by molar-refractivity contribution is 7.92. The molecule has 1 amide bonds. The van der Waals surface area contributed by atoms with E-state index < -0.39 is 47.0 Å². The number of nitrogens with one attached hydrogen (secondary N) is 1. The number of anilines is 2. The Hall–Kier alpha value is -3.52. The van der Waals surface area contributed by atoms with Crippen LogP contribution >= 0.6 is 11.6 Å². The number of allylic oxidation sites excluding steroid dienone is 1. The van der Waals surface area contributed by atoms with Crippen molar-refractivity contribution in [2.24, 2.45) is 0 Å². The van der Waals surface area contributed by atoms with Crippen LogP contribution in [0.3, 0.4) is 0 Å². The summed E-state index contributed by atoms with van der Waals surface area (Å²) in [4.78, 5) is 15.7. The van der Waals surface area contributed by atoms with Crippen LogP contribution in [0.5, 0.6) is 0 Å². The third-order valence-electron chi connectivity index (χ3n) is 8.12. The summed E-state index contributed by atoms with van der Waals surface area (Å²) in [5.41, 5.74) is 10.0. The number of nitrogens with two attached hydrogens (primary N) is 1. The van der Waals surface area contributed by atoms with Crippen molar-refractivity contribution < 1.29 is 30.4 Å². The normalized spacial score (nSPS) is 16.7. The molecule has 14 heteroatoms. The van der Waals surface area contributed by atoms with Crippen molar-refractivity contribution in [2.75, 3.05) is 43.4 Å². The minimum absolute atomic E-state index is 0.0517. The Morgan fingerprint density at radius 2 is 1.53 bits per heavy atom. The standard InChI is InChI=1S/C31H33ClF2N4O5S2/c32-24-9-5-21(6-10-24)27-4-2-1-3-23(27)20-37-15-17-38(18-16-37)25-11-7-22(8-12-25)30(39)36-45(42,43)26-13-14-28(35)29(19-26)44(40,41)31(33)34/h5-14,19,31H,1-4,15-18,20,35H2,(H,36,39). The molecule has 0 radical (unpaired) electrons. The van der Waals surface area contributed by atoms with Gasteiger partial charge in [0.05, 0.1) is 15.5 Å². The summed E-state index contributed by atoms with van der Waals surface area (Å²) >= 11 is 6.10. The lowest BCUT2D eigenvalue weighted by atomic mass is 9.87. The van der Waals surface area contributed by atoms with Crippen molar-refractivity contribution in [3.63, 3.8) is 0 Å². The zero-order chi connectivity index (χ0) is 32.4. The summed E-state index contributed by atoms with van der Waals surface area (Å²) in [6, 6.07) is 16.8. The molecule has 0 aromatic heterocycles. The van der Waals surface area contributed by atoms with Crippen LogP contribution in [-0.2, 0) is 19.9 Å². The van der Waals surface area contributed by atoms with Gasteiger partial charge < -0.3 is 10.6 Å². The van der Waals surface area contributed by atoms with E-state index >= 15 is 0 Å². The fraction of sp³-hybridized carbons (Fsp3) is 0.323. The Morgan fingerprint density at radius 1 is 0.889 bits per heavy atom. The fourth-order valence-electron chi connectivity index (χ4n) is 5.66. The zero-order valence-corrected chi connectivity index (χ0v) is 26.6. The van der Waals surface area contributed by atoms with Crippen molar-refractivity contribution in [1.82, 2.24) is 9.62 Å². The van der Waals surface area contributed by atoms with E-state index in [1.54, 1.807) is 12.1 Å². The predicted octanol–water partition coefficient (Wildman–Crippen LogP) is 5.19. The molecule has 0 bridgehead atoms. The van der Waals surface area contributed by atoms with Crippen LogP contribution in [0.4, 0.5) is 20.2 Å². The zero-order valence-electron chi connectivity index (χ0n) is 24.3. The summed E-state index contributed by atoms with van der Waals surface area (Å²) < 4.78 is 77.3. The third-order valence-corrected chi connectivity index (χ3v) is 11.1. The van der Waals surface area contributed by atoms with Crippen molar-refractivity contribution in [2.45, 2.75) is 41.2 Å². The van der Waals surface area contributed by atoms with Crippen LogP contribution in [0.2, 0.25) is 5.02 Å². The number of alkyl halides is 2. The number of hydrogen-bond acceptors (Lipinski definition) is 8. The van der Waals surface area contributed by atoms with Crippen LogP contribution in [0.25, 0.3) is 5.57 Å². The Labute approximate surface area is 266 Å². The molecule has 1 aliphatic heterocycles. The highest BCUT2D eigenvalue weighted by atomic mass is 35.5. The molecule has 240 valence electrons. The van der Waals surface area contributed by atoms with Gasteiger partial charge in [0.25, 0.3) is 15.9 Å². The Kier molecular flexibility index (Phi) is 9.83. The number of nitrogen functional groups attached to an aromatic ring is 1. The van der Waals surface area contributed by atoms with Crippen LogP contribution in [-0.4, -0.2) is 66.1 Å². The van der Waals surface area contributed by atoms with E-state index in [-0.39, 0.29) is 5.56 Å². The molecule has 5 rings (SSSR count). The van der Waals surface area contributed by atoms with Gasteiger partial charge in [-0.2, -0.15) is 8.78 Å². The van der Waals surface area contributed by atoms with Gasteiger partial charge in [0.1, 0.15) is 0 Å². The number of benzene rings is 3. The second-order valence-electron chi connectivity index (χ2n) is 11.0. The molecule has 1 fully saturated rings. The molecule has 3 aromatic carbocycles. The molecule has 0 spiro atoms. The second kappa shape index (κ2) is 13.5. The fourth-order valence-corrected chi connectivity index (χ4v) is 7.74. The van der Waals surface area contributed by atoms with Crippen molar-refractivity contribution in [1.29, 1.82) is 0 Å². The summed E-state index contributed by atoms with van der Waals surface area (Å²) in [5, 5.41) is 0.729. The minimum atomic E-state index is -5.16. The van der Waals surface area contributed by atoms with E-state index in [2.05, 4.69) is 21.9 Å². The molecule has 9 nitrogen and oxygen atoms in total. The number of hydrogen-bond donors (Lipinski definition) is 2. The number of carbonyl (C=O) groups is 1. The molecule has 3 N–H and O–H groups in total. The number of rotatable bonds is 9. The van der Waals surface area contributed by atoms with Gasteiger partial charge in [-0.25, -0.2) is 21.6 Å². The van der Waals surface area contributed by atoms with E-state index in [9.17, 15) is 30.4 Å². The molecule has 0 saturated carbocycles. The summed E-state index contributed by atoms with van der Waals surface area (Å²) in [6.45, 7) is 4.21. The van der Waals surface area contributed by atoms with Gasteiger partial charge in [-0.05, 0) is 91.4 Å². The Morgan fingerprint density at radius 3 is 2.18 bits per heavy atom. The molecule has 2 aliphatic rings. The molecule has 1 saturated heterocycles. The van der Waals surface area contributed by atoms with Gasteiger partial charge in [0, 0.05) is 49.0 Å². The second-order valence-corrected chi connectivity index (χ2v) is 15.1. The van der Waals surface area contributed by atoms with Crippen LogP contribution in [0.15, 0.2) is 82.1 Å². The van der Waals surface area contributed by atoms with Crippen molar-refractivity contribution in [3.8, 4) is 0 Å². The summed E-state index contributed by atoms with van der Waals surface area (Å²) in [7, 11) is -9.76. The molecule has 0 atom stereocenters. The van der Waals surface area contributed by atoms with Crippen LogP contribution in [0, 0.1) is 0 Å². The lowest BCUT2D eigenvalue weighted by Gasteiger charge is -2.37. The highest BCUT2D eigenvalue weighted by Crippen LogP contribution is 2.34. The number of halogens is 3. The topological polar surface area (TPSA) is 130 Å². The predicted molar refractivity (Wildman–Crippen MR) is 171 cm³/mol.